The van der Waals surface area contributed by atoms with E-state index in [0.29, 0.717) is 6.61 Å². The zero-order valence-corrected chi connectivity index (χ0v) is 16.6. The number of pyridine rings is 1. The van der Waals surface area contributed by atoms with E-state index in [4.69, 9.17) is 14.6 Å². The first-order valence-electron chi connectivity index (χ1n) is 10.0. The maximum Gasteiger partial charge on any atom is 0.230 e. The van der Waals surface area contributed by atoms with Crippen molar-refractivity contribution in [1.82, 2.24) is 9.99 Å². The Morgan fingerprint density at radius 3 is 2.69 bits per heavy atom. The summed E-state index contributed by atoms with van der Waals surface area (Å²) in [6.07, 6.45) is 2.22. The largest absolute Gasteiger partial charge is 0.490 e. The van der Waals surface area contributed by atoms with E-state index >= 15 is 0 Å². The molecule has 0 saturated carbocycles. The van der Waals surface area contributed by atoms with Gasteiger partial charge in [-0.1, -0.05) is 48.0 Å². The zero-order valence-electron chi connectivity index (χ0n) is 16.6. The minimum atomic E-state index is -0.391. The van der Waals surface area contributed by atoms with Crippen molar-refractivity contribution in [2.45, 2.75) is 32.5 Å². The van der Waals surface area contributed by atoms with Gasteiger partial charge in [-0.25, -0.2) is 5.01 Å². The fourth-order valence-corrected chi connectivity index (χ4v) is 3.99. The Morgan fingerprint density at radius 1 is 1.07 bits per heavy atom. The summed E-state index contributed by atoms with van der Waals surface area (Å²) >= 11 is 0. The molecule has 2 aliphatic rings. The highest BCUT2D eigenvalue weighted by Gasteiger charge is 2.42. The van der Waals surface area contributed by atoms with Gasteiger partial charge in [0, 0.05) is 18.2 Å². The molecule has 0 radical (unpaired) electrons. The van der Waals surface area contributed by atoms with Gasteiger partial charge in [0.2, 0.25) is 6.23 Å². The number of hydrogen-bond acceptors (Lipinski definition) is 5. The SMILES string of the molecule is CCOc1cccc2c1O[C@@H](c1ccccn1)N1N=C(c3ccc(C)cc3)C[C@@H]21. The maximum atomic E-state index is 6.45. The van der Waals surface area contributed by atoms with Gasteiger partial charge in [0.1, 0.15) is 5.69 Å². The van der Waals surface area contributed by atoms with Gasteiger partial charge in [-0.2, -0.15) is 5.10 Å². The number of rotatable bonds is 4. The topological polar surface area (TPSA) is 47.0 Å². The van der Waals surface area contributed by atoms with Crippen LogP contribution >= 0.6 is 0 Å². The second-order valence-electron chi connectivity index (χ2n) is 7.34. The summed E-state index contributed by atoms with van der Waals surface area (Å²) in [7, 11) is 0. The third kappa shape index (κ3) is 3.12. The van der Waals surface area contributed by atoms with Gasteiger partial charge in [-0.15, -0.1) is 0 Å². The van der Waals surface area contributed by atoms with Crippen LogP contribution in [0.1, 0.15) is 48.0 Å². The van der Waals surface area contributed by atoms with Crippen LogP contribution in [0.4, 0.5) is 0 Å². The Hall–Kier alpha value is -3.34. The van der Waals surface area contributed by atoms with E-state index < -0.39 is 6.23 Å². The number of hydrazone groups is 1. The van der Waals surface area contributed by atoms with Crippen LogP contribution < -0.4 is 9.47 Å². The summed E-state index contributed by atoms with van der Waals surface area (Å²) in [6.45, 7) is 4.67. The lowest BCUT2D eigenvalue weighted by molar-refractivity contribution is -0.0240. The predicted molar refractivity (Wildman–Crippen MR) is 112 cm³/mol. The fourth-order valence-electron chi connectivity index (χ4n) is 3.99. The number of aryl methyl sites for hydroxylation is 1. The van der Waals surface area contributed by atoms with Crippen LogP contribution in [0.3, 0.4) is 0 Å². The van der Waals surface area contributed by atoms with Crippen molar-refractivity contribution >= 4 is 5.71 Å². The van der Waals surface area contributed by atoms with Crippen molar-refractivity contribution in [3.63, 3.8) is 0 Å². The molecule has 0 fully saturated rings. The summed E-state index contributed by atoms with van der Waals surface area (Å²) in [5.41, 5.74) is 5.39. The summed E-state index contributed by atoms with van der Waals surface area (Å²) in [5, 5.41) is 7.04. The van der Waals surface area contributed by atoms with Crippen LogP contribution in [-0.4, -0.2) is 22.3 Å². The van der Waals surface area contributed by atoms with Crippen LogP contribution in [0.5, 0.6) is 11.5 Å². The van der Waals surface area contributed by atoms with Crippen LogP contribution in [0, 0.1) is 6.92 Å². The lowest BCUT2D eigenvalue weighted by Gasteiger charge is -2.38. The normalized spacial score (nSPS) is 19.8. The van der Waals surface area contributed by atoms with Gasteiger partial charge < -0.3 is 9.47 Å². The second-order valence-corrected chi connectivity index (χ2v) is 7.34. The minimum Gasteiger partial charge on any atom is -0.490 e. The maximum absolute atomic E-state index is 6.45. The van der Waals surface area contributed by atoms with Gasteiger partial charge in [-0.3, -0.25) is 4.98 Å². The van der Waals surface area contributed by atoms with Crippen molar-refractivity contribution in [2.24, 2.45) is 5.10 Å². The van der Waals surface area contributed by atoms with Crippen LogP contribution in [-0.2, 0) is 0 Å². The van der Waals surface area contributed by atoms with Crippen molar-refractivity contribution < 1.29 is 9.47 Å². The lowest BCUT2D eigenvalue weighted by Crippen LogP contribution is -2.34. The number of para-hydroxylation sites is 1. The highest BCUT2D eigenvalue weighted by Crippen LogP contribution is 2.50. The molecule has 5 heteroatoms. The number of nitrogens with zero attached hydrogens (tertiary/aromatic N) is 3. The van der Waals surface area contributed by atoms with Gasteiger partial charge in [0.05, 0.1) is 18.4 Å². The highest BCUT2D eigenvalue weighted by molar-refractivity contribution is 6.02. The van der Waals surface area contributed by atoms with Gasteiger partial charge in [0.15, 0.2) is 11.5 Å². The van der Waals surface area contributed by atoms with E-state index in [1.807, 2.05) is 37.3 Å². The summed E-state index contributed by atoms with van der Waals surface area (Å²) in [5.74, 6) is 1.57. The number of ether oxygens (including phenoxy) is 2. The molecule has 0 unspecified atom stereocenters. The van der Waals surface area contributed by atoms with E-state index in [1.165, 1.54) is 5.56 Å². The predicted octanol–water partition coefficient (Wildman–Crippen LogP) is 5.03. The monoisotopic (exact) mass is 385 g/mol. The smallest absolute Gasteiger partial charge is 0.230 e. The number of benzene rings is 2. The van der Waals surface area contributed by atoms with E-state index in [-0.39, 0.29) is 6.04 Å². The number of aromatic nitrogens is 1. The molecule has 2 atom stereocenters. The first-order valence-corrected chi connectivity index (χ1v) is 10.0. The van der Waals surface area contributed by atoms with Crippen LogP contribution in [0.15, 0.2) is 72.0 Å². The molecule has 1 aromatic heterocycles. The minimum absolute atomic E-state index is 0.0856. The lowest BCUT2D eigenvalue weighted by atomic mass is 9.95. The van der Waals surface area contributed by atoms with Crippen molar-refractivity contribution in [3.05, 3.63) is 89.2 Å². The molecule has 2 aromatic carbocycles. The Labute approximate surface area is 170 Å². The Bertz CT molecular complexity index is 1050. The standard InChI is InChI=1S/C24H23N3O2/c1-3-28-22-9-6-7-18-21-15-20(17-12-10-16(2)11-13-17)26-27(21)24(29-23(18)22)19-8-4-5-14-25-19/h4-14,21,24H,3,15H2,1-2H3/t21-,24-/m0/s1. The molecule has 0 aliphatic carbocycles. The van der Waals surface area contributed by atoms with E-state index in [2.05, 4.69) is 47.2 Å². The Balaban J connectivity index is 1.60. The van der Waals surface area contributed by atoms with Crippen LogP contribution in [0.25, 0.3) is 0 Å². The molecule has 3 heterocycles. The summed E-state index contributed by atoms with van der Waals surface area (Å²) < 4.78 is 12.3. The average molecular weight is 385 g/mol. The number of fused-ring (bicyclic) bond motifs is 3. The molecular weight excluding hydrogens is 362 g/mol. The Morgan fingerprint density at radius 2 is 1.93 bits per heavy atom. The molecule has 0 amide bonds. The molecule has 0 bridgehead atoms. The molecule has 146 valence electrons. The summed E-state index contributed by atoms with van der Waals surface area (Å²) in [4.78, 5) is 4.54. The molecule has 29 heavy (non-hydrogen) atoms. The molecule has 3 aromatic rings. The quantitative estimate of drug-likeness (QED) is 0.632. The zero-order chi connectivity index (χ0) is 19.8. The van der Waals surface area contributed by atoms with Crippen LogP contribution in [0.2, 0.25) is 0 Å². The average Bonchev–Trinajstić information content (AvgIpc) is 3.20. The molecule has 0 N–H and O–H groups in total. The van der Waals surface area contributed by atoms with E-state index in [0.717, 1.165) is 40.5 Å². The molecule has 2 aliphatic heterocycles. The second kappa shape index (κ2) is 7.24. The van der Waals surface area contributed by atoms with Crippen molar-refractivity contribution in [2.75, 3.05) is 6.61 Å². The highest BCUT2D eigenvalue weighted by atomic mass is 16.5. The molecular formula is C24H23N3O2. The van der Waals surface area contributed by atoms with Gasteiger partial charge >= 0.3 is 0 Å². The third-order valence-electron chi connectivity index (χ3n) is 5.41. The van der Waals surface area contributed by atoms with E-state index in [1.54, 1.807) is 6.20 Å². The fraction of sp³-hybridized carbons (Fsp3) is 0.250. The Kier molecular flexibility index (Phi) is 4.43. The molecule has 5 nitrogen and oxygen atoms in total. The molecule has 5 rings (SSSR count). The van der Waals surface area contributed by atoms with Gasteiger partial charge in [0.25, 0.3) is 0 Å². The third-order valence-corrected chi connectivity index (χ3v) is 5.41. The van der Waals surface area contributed by atoms with Crippen molar-refractivity contribution in [1.29, 1.82) is 0 Å². The first-order chi connectivity index (χ1) is 14.2. The molecule has 0 spiro atoms. The summed E-state index contributed by atoms with van der Waals surface area (Å²) in [6, 6.07) is 20.6. The molecule has 0 saturated heterocycles. The van der Waals surface area contributed by atoms with E-state index in [9.17, 15) is 0 Å². The number of hydrogen-bond donors (Lipinski definition) is 0. The first kappa shape index (κ1) is 17.7. The van der Waals surface area contributed by atoms with Crippen molar-refractivity contribution in [3.8, 4) is 11.5 Å². The van der Waals surface area contributed by atoms with Gasteiger partial charge in [-0.05, 0) is 37.6 Å².